The fourth-order valence-corrected chi connectivity index (χ4v) is 37.8. The van der Waals surface area contributed by atoms with Crippen LogP contribution in [0.5, 0.6) is 0 Å². The van der Waals surface area contributed by atoms with Crippen molar-refractivity contribution >= 4 is 72.1 Å². The molecule has 0 N–H and O–H groups in total. The van der Waals surface area contributed by atoms with Crippen molar-refractivity contribution in [3.63, 3.8) is 0 Å². The lowest BCUT2D eigenvalue weighted by Gasteiger charge is -2.49. The number of hydrogen-bond acceptors (Lipinski definition) is 6. The summed E-state index contributed by atoms with van der Waals surface area (Å²) in [6.07, 6.45) is 0. The summed E-state index contributed by atoms with van der Waals surface area (Å²) in [6, 6.07) is 41.5. The lowest BCUT2D eigenvalue weighted by Crippen LogP contribution is -2.79. The molecule has 232 valence electrons. The SMILES string of the molecule is C[Si]1(C)O[Si](C)(C)O[Si](C)(C)O[Si](c2ccccc2)(c2ccccc2)O[Si](c2ccccc2)(c2ccccc2)O[Si](C)(C)O1. The van der Waals surface area contributed by atoms with Gasteiger partial charge in [0.2, 0.25) is 0 Å². The largest absolute Gasteiger partial charge is 0.416 e. The Morgan fingerprint density at radius 2 is 0.477 bits per heavy atom. The molecule has 1 aliphatic heterocycles. The van der Waals surface area contributed by atoms with Crippen LogP contribution in [0.2, 0.25) is 52.4 Å². The molecule has 5 rings (SSSR count). The molecule has 12 heteroatoms. The highest BCUT2D eigenvalue weighted by Gasteiger charge is 2.60. The summed E-state index contributed by atoms with van der Waals surface area (Å²) < 4.78 is 44.0. The van der Waals surface area contributed by atoms with Crippen molar-refractivity contribution in [2.75, 3.05) is 0 Å². The van der Waals surface area contributed by atoms with Crippen LogP contribution >= 0.6 is 0 Å². The van der Waals surface area contributed by atoms with E-state index in [0.717, 1.165) is 20.7 Å². The predicted octanol–water partition coefficient (Wildman–Crippen LogP) is 5.42. The molecule has 0 saturated carbocycles. The van der Waals surface area contributed by atoms with Crippen molar-refractivity contribution in [1.82, 2.24) is 0 Å². The first-order valence-electron chi connectivity index (χ1n) is 15.1. The topological polar surface area (TPSA) is 55.4 Å². The molecular formula is C32H44O6Si6. The van der Waals surface area contributed by atoms with Crippen LogP contribution in [-0.2, 0) is 24.7 Å². The molecule has 44 heavy (non-hydrogen) atoms. The third kappa shape index (κ3) is 7.49. The minimum absolute atomic E-state index is 0.996. The molecule has 1 saturated heterocycles. The van der Waals surface area contributed by atoms with Crippen LogP contribution in [-0.4, -0.2) is 51.4 Å². The molecule has 0 aromatic heterocycles. The van der Waals surface area contributed by atoms with Gasteiger partial charge in [-0.1, -0.05) is 121 Å². The zero-order valence-corrected chi connectivity index (χ0v) is 33.0. The summed E-state index contributed by atoms with van der Waals surface area (Å²) in [7, 11) is -18.5. The first-order chi connectivity index (χ1) is 20.7. The highest BCUT2D eigenvalue weighted by molar-refractivity contribution is 7.08. The van der Waals surface area contributed by atoms with Crippen molar-refractivity contribution in [2.24, 2.45) is 0 Å². The Kier molecular flexibility index (Phi) is 9.55. The van der Waals surface area contributed by atoms with Crippen LogP contribution in [0.25, 0.3) is 0 Å². The van der Waals surface area contributed by atoms with E-state index in [9.17, 15) is 0 Å². The van der Waals surface area contributed by atoms with E-state index in [4.69, 9.17) is 24.7 Å². The molecular weight excluding hydrogens is 649 g/mol. The van der Waals surface area contributed by atoms with Gasteiger partial charge in [0.05, 0.1) is 0 Å². The Bertz CT molecular complexity index is 1330. The Morgan fingerprint density at radius 1 is 0.273 bits per heavy atom. The number of benzene rings is 4. The second kappa shape index (κ2) is 12.6. The standard InChI is InChI=1S/C32H44O6Si6/c1-39(2)33-40(3,4)35-42(7,8)37-44(31-25-17-11-18-26-31,32-27-19-12-20-28-32)38-43(36-41(5,6)34-39,29-21-13-9-14-22-29)30-23-15-10-16-24-30/h9-28H,1-8H3. The summed E-state index contributed by atoms with van der Waals surface area (Å²) in [5, 5.41) is 3.98. The molecule has 4 aromatic rings. The third-order valence-electron chi connectivity index (χ3n) is 7.16. The summed E-state index contributed by atoms with van der Waals surface area (Å²) in [5.41, 5.74) is 0. The number of rotatable bonds is 4. The highest BCUT2D eigenvalue weighted by Crippen LogP contribution is 2.31. The van der Waals surface area contributed by atoms with Gasteiger partial charge < -0.3 is 24.7 Å². The van der Waals surface area contributed by atoms with Crippen LogP contribution in [0.4, 0.5) is 0 Å². The fraction of sp³-hybridized carbons (Fsp3) is 0.250. The van der Waals surface area contributed by atoms with Gasteiger partial charge in [-0.3, -0.25) is 0 Å². The summed E-state index contributed by atoms with van der Waals surface area (Å²) in [6.45, 7) is 16.8. The molecule has 0 aliphatic carbocycles. The molecule has 0 amide bonds. The van der Waals surface area contributed by atoms with E-state index >= 15 is 0 Å². The minimum Gasteiger partial charge on any atom is -0.416 e. The number of hydrogen-bond donors (Lipinski definition) is 0. The average Bonchev–Trinajstić information content (AvgIpc) is 2.95. The summed E-state index contributed by atoms with van der Waals surface area (Å²) in [4.78, 5) is 0. The van der Waals surface area contributed by atoms with E-state index in [-0.39, 0.29) is 0 Å². The summed E-state index contributed by atoms with van der Waals surface area (Å²) >= 11 is 0. The first kappa shape index (κ1) is 33.3. The molecule has 1 aliphatic rings. The molecule has 1 heterocycles. The maximum absolute atomic E-state index is 7.98. The Morgan fingerprint density at radius 3 is 0.705 bits per heavy atom. The molecule has 6 nitrogen and oxygen atoms in total. The maximum atomic E-state index is 7.98. The molecule has 0 spiro atoms. The summed E-state index contributed by atoms with van der Waals surface area (Å²) in [5.74, 6) is 0. The Labute approximate surface area is 269 Å². The zero-order chi connectivity index (χ0) is 31.7. The van der Waals surface area contributed by atoms with E-state index < -0.39 is 51.4 Å². The second-order valence-corrected chi connectivity index (χ2v) is 33.8. The van der Waals surface area contributed by atoms with Gasteiger partial charge in [-0.15, -0.1) is 0 Å². The monoisotopic (exact) mass is 692 g/mol. The van der Waals surface area contributed by atoms with E-state index in [0.29, 0.717) is 0 Å². The zero-order valence-electron chi connectivity index (χ0n) is 27.0. The second-order valence-electron chi connectivity index (χ2n) is 12.9. The van der Waals surface area contributed by atoms with Crippen LogP contribution < -0.4 is 20.7 Å². The normalized spacial score (nSPS) is 22.2. The van der Waals surface area contributed by atoms with Crippen molar-refractivity contribution in [3.8, 4) is 0 Å². The average molecular weight is 693 g/mol. The van der Waals surface area contributed by atoms with Gasteiger partial charge in [-0.25, -0.2) is 0 Å². The predicted molar refractivity (Wildman–Crippen MR) is 192 cm³/mol. The Hall–Kier alpha value is -2.06. The fourth-order valence-electron chi connectivity index (χ4n) is 6.23. The van der Waals surface area contributed by atoms with Crippen molar-refractivity contribution in [3.05, 3.63) is 121 Å². The van der Waals surface area contributed by atoms with E-state index in [1.807, 2.05) is 24.3 Å². The van der Waals surface area contributed by atoms with Crippen molar-refractivity contribution in [1.29, 1.82) is 0 Å². The van der Waals surface area contributed by atoms with Gasteiger partial charge in [0.15, 0.2) is 0 Å². The van der Waals surface area contributed by atoms with E-state index in [1.54, 1.807) is 0 Å². The molecule has 4 aromatic carbocycles. The Balaban J connectivity index is 1.89. The lowest BCUT2D eigenvalue weighted by atomic mass is 10.4. The maximum Gasteiger partial charge on any atom is 0.389 e. The van der Waals surface area contributed by atoms with E-state index in [1.165, 1.54) is 0 Å². The molecule has 0 atom stereocenters. The molecule has 0 radical (unpaired) electrons. The highest BCUT2D eigenvalue weighted by atomic mass is 28.5. The lowest BCUT2D eigenvalue weighted by molar-refractivity contribution is 0.248. The van der Waals surface area contributed by atoms with Crippen LogP contribution in [0.1, 0.15) is 0 Å². The quantitative estimate of drug-likeness (QED) is 0.267. The first-order valence-corrected chi connectivity index (χ1v) is 30.0. The minimum atomic E-state index is -3.59. The molecule has 1 fully saturated rings. The van der Waals surface area contributed by atoms with Crippen molar-refractivity contribution < 1.29 is 24.7 Å². The van der Waals surface area contributed by atoms with Gasteiger partial charge in [0.1, 0.15) is 0 Å². The molecule has 0 bridgehead atoms. The van der Waals surface area contributed by atoms with Gasteiger partial charge in [0, 0.05) is 0 Å². The van der Waals surface area contributed by atoms with E-state index in [2.05, 4.69) is 149 Å². The van der Waals surface area contributed by atoms with Gasteiger partial charge in [-0.05, 0) is 73.1 Å². The van der Waals surface area contributed by atoms with Gasteiger partial charge >= 0.3 is 51.4 Å². The van der Waals surface area contributed by atoms with Crippen molar-refractivity contribution in [2.45, 2.75) is 52.4 Å². The van der Waals surface area contributed by atoms with Crippen LogP contribution in [0, 0.1) is 0 Å². The van der Waals surface area contributed by atoms with Crippen LogP contribution in [0.15, 0.2) is 121 Å². The van der Waals surface area contributed by atoms with Gasteiger partial charge in [0.25, 0.3) is 0 Å². The molecule has 0 unspecified atom stereocenters. The van der Waals surface area contributed by atoms with Gasteiger partial charge in [-0.2, -0.15) is 0 Å². The van der Waals surface area contributed by atoms with Crippen LogP contribution in [0.3, 0.4) is 0 Å². The smallest absolute Gasteiger partial charge is 0.389 e. The third-order valence-corrected chi connectivity index (χ3v) is 31.9.